The van der Waals surface area contributed by atoms with Crippen LogP contribution in [0, 0.1) is 6.92 Å². The molecular formula is C12H20N4O2. The zero-order valence-electron chi connectivity index (χ0n) is 10.7. The van der Waals surface area contributed by atoms with Crippen LogP contribution in [0.1, 0.15) is 28.9 Å². The number of aryl methyl sites for hydroxylation is 1. The van der Waals surface area contributed by atoms with Crippen LogP contribution in [0.4, 0.5) is 0 Å². The summed E-state index contributed by atoms with van der Waals surface area (Å²) in [7, 11) is 0. The molecule has 0 spiro atoms. The van der Waals surface area contributed by atoms with Gasteiger partial charge in [-0.25, -0.2) is 0 Å². The highest BCUT2D eigenvalue weighted by Crippen LogP contribution is 2.06. The molecule has 0 aliphatic carbocycles. The smallest absolute Gasteiger partial charge is 0.254 e. The summed E-state index contributed by atoms with van der Waals surface area (Å²) in [6.07, 6.45) is 3.97. The molecule has 1 amide bonds. The Morgan fingerprint density at radius 2 is 2.33 bits per heavy atom. The molecule has 3 N–H and O–H groups in total. The number of nitrogens with one attached hydrogen (secondary N) is 3. The molecule has 0 radical (unpaired) electrons. The standard InChI is InChI=1S/C12H20N4O2/c1-9-11(8-15-16-9)12(17)14-6-7-18-10-2-4-13-5-3-10/h8,10,13H,2-7H2,1H3,(H,14,17)(H,15,16). The lowest BCUT2D eigenvalue weighted by molar-refractivity contribution is 0.0343. The number of hydrogen-bond donors (Lipinski definition) is 3. The molecule has 1 aromatic rings. The van der Waals surface area contributed by atoms with Gasteiger partial charge in [-0.05, 0) is 32.9 Å². The van der Waals surface area contributed by atoms with Gasteiger partial charge in [0.2, 0.25) is 0 Å². The van der Waals surface area contributed by atoms with Crippen molar-refractivity contribution in [1.82, 2.24) is 20.8 Å². The van der Waals surface area contributed by atoms with Gasteiger partial charge in [-0.1, -0.05) is 0 Å². The largest absolute Gasteiger partial charge is 0.376 e. The Morgan fingerprint density at radius 3 is 3.00 bits per heavy atom. The molecule has 100 valence electrons. The Balaban J connectivity index is 1.63. The molecule has 1 aliphatic rings. The molecule has 1 fully saturated rings. The molecule has 6 heteroatoms. The highest BCUT2D eigenvalue weighted by Gasteiger charge is 2.13. The van der Waals surface area contributed by atoms with Crippen molar-refractivity contribution in [3.05, 3.63) is 17.5 Å². The molecule has 2 rings (SSSR count). The first-order chi connectivity index (χ1) is 8.77. The number of aromatic nitrogens is 2. The number of carbonyl (C=O) groups excluding carboxylic acids is 1. The molecule has 1 aromatic heterocycles. The third-order valence-corrected chi connectivity index (χ3v) is 3.10. The average Bonchev–Trinajstić information content (AvgIpc) is 2.82. The van der Waals surface area contributed by atoms with Gasteiger partial charge in [-0.15, -0.1) is 0 Å². The monoisotopic (exact) mass is 252 g/mol. The first-order valence-electron chi connectivity index (χ1n) is 6.38. The van der Waals surface area contributed by atoms with Gasteiger partial charge in [0.25, 0.3) is 5.91 Å². The maximum Gasteiger partial charge on any atom is 0.254 e. The molecule has 0 aromatic carbocycles. The van der Waals surface area contributed by atoms with E-state index in [-0.39, 0.29) is 5.91 Å². The Labute approximate surface area is 106 Å². The summed E-state index contributed by atoms with van der Waals surface area (Å²) in [6.45, 7) is 4.96. The fourth-order valence-corrected chi connectivity index (χ4v) is 2.03. The lowest BCUT2D eigenvalue weighted by Crippen LogP contribution is -2.34. The molecule has 1 aliphatic heterocycles. The lowest BCUT2D eigenvalue weighted by atomic mass is 10.1. The molecule has 18 heavy (non-hydrogen) atoms. The third-order valence-electron chi connectivity index (χ3n) is 3.10. The van der Waals surface area contributed by atoms with Gasteiger partial charge in [0.05, 0.1) is 24.5 Å². The summed E-state index contributed by atoms with van der Waals surface area (Å²) < 4.78 is 5.70. The first kappa shape index (κ1) is 13.0. The molecule has 0 saturated carbocycles. The maximum atomic E-state index is 11.7. The van der Waals surface area contributed by atoms with Gasteiger partial charge in [0, 0.05) is 12.2 Å². The zero-order valence-corrected chi connectivity index (χ0v) is 10.7. The molecule has 1 saturated heterocycles. The van der Waals surface area contributed by atoms with E-state index in [1.807, 2.05) is 6.92 Å². The van der Waals surface area contributed by atoms with Crippen LogP contribution in [0.2, 0.25) is 0 Å². The van der Waals surface area contributed by atoms with E-state index in [0.29, 0.717) is 24.8 Å². The van der Waals surface area contributed by atoms with Crippen LogP contribution in [-0.4, -0.2) is 48.4 Å². The summed E-state index contributed by atoms with van der Waals surface area (Å²) in [4.78, 5) is 11.7. The van der Waals surface area contributed by atoms with Crippen molar-refractivity contribution in [3.8, 4) is 0 Å². The maximum absolute atomic E-state index is 11.7. The van der Waals surface area contributed by atoms with Gasteiger partial charge in [0.1, 0.15) is 0 Å². The summed E-state index contributed by atoms with van der Waals surface area (Å²) in [5.41, 5.74) is 1.38. The fraction of sp³-hybridized carbons (Fsp3) is 0.667. The normalized spacial score (nSPS) is 16.7. The number of piperidine rings is 1. The van der Waals surface area contributed by atoms with Crippen molar-refractivity contribution >= 4 is 5.91 Å². The minimum Gasteiger partial charge on any atom is -0.376 e. The van der Waals surface area contributed by atoms with Gasteiger partial charge in [-0.3, -0.25) is 9.89 Å². The summed E-state index contributed by atoms with van der Waals surface area (Å²) in [6, 6.07) is 0. The minimum atomic E-state index is -0.102. The topological polar surface area (TPSA) is 79.0 Å². The number of rotatable bonds is 5. The van der Waals surface area contributed by atoms with Crippen LogP contribution in [0.5, 0.6) is 0 Å². The van der Waals surface area contributed by atoms with Crippen LogP contribution in [0.25, 0.3) is 0 Å². The van der Waals surface area contributed by atoms with E-state index in [0.717, 1.165) is 31.6 Å². The number of ether oxygens (including phenoxy) is 1. The number of hydrogen-bond acceptors (Lipinski definition) is 4. The second-order valence-corrected chi connectivity index (χ2v) is 4.48. The molecule has 2 heterocycles. The van der Waals surface area contributed by atoms with Gasteiger partial charge in [0.15, 0.2) is 0 Å². The van der Waals surface area contributed by atoms with Gasteiger partial charge in [-0.2, -0.15) is 5.10 Å². The summed E-state index contributed by atoms with van der Waals surface area (Å²) in [5, 5.41) is 12.7. The van der Waals surface area contributed by atoms with Crippen LogP contribution < -0.4 is 10.6 Å². The quantitative estimate of drug-likeness (QED) is 0.655. The number of nitrogens with zero attached hydrogens (tertiary/aromatic N) is 1. The van der Waals surface area contributed by atoms with Crippen LogP contribution >= 0.6 is 0 Å². The average molecular weight is 252 g/mol. The summed E-state index contributed by atoms with van der Waals surface area (Å²) in [5.74, 6) is -0.102. The van der Waals surface area contributed by atoms with Gasteiger partial charge >= 0.3 is 0 Å². The first-order valence-corrected chi connectivity index (χ1v) is 6.38. The lowest BCUT2D eigenvalue weighted by Gasteiger charge is -2.22. The van der Waals surface area contributed by atoms with E-state index in [1.54, 1.807) is 6.20 Å². The predicted molar refractivity (Wildman–Crippen MR) is 67.5 cm³/mol. The van der Waals surface area contributed by atoms with Crippen molar-refractivity contribution in [1.29, 1.82) is 0 Å². The number of carbonyl (C=O) groups is 1. The minimum absolute atomic E-state index is 0.102. The van der Waals surface area contributed by atoms with Crippen molar-refractivity contribution in [2.24, 2.45) is 0 Å². The number of H-pyrrole nitrogens is 1. The second kappa shape index (κ2) is 6.51. The molecule has 0 atom stereocenters. The Bertz CT molecular complexity index is 385. The van der Waals surface area contributed by atoms with Crippen molar-refractivity contribution < 1.29 is 9.53 Å². The van der Waals surface area contributed by atoms with Crippen molar-refractivity contribution in [2.45, 2.75) is 25.9 Å². The van der Waals surface area contributed by atoms with E-state index < -0.39 is 0 Å². The molecule has 0 unspecified atom stereocenters. The van der Waals surface area contributed by atoms with Crippen LogP contribution in [-0.2, 0) is 4.74 Å². The summed E-state index contributed by atoms with van der Waals surface area (Å²) >= 11 is 0. The zero-order chi connectivity index (χ0) is 12.8. The van der Waals surface area contributed by atoms with E-state index in [1.165, 1.54) is 0 Å². The SMILES string of the molecule is Cc1[nH]ncc1C(=O)NCCOC1CCNCC1. The van der Waals surface area contributed by atoms with Crippen molar-refractivity contribution in [3.63, 3.8) is 0 Å². The van der Waals surface area contributed by atoms with Crippen LogP contribution in [0.15, 0.2) is 6.20 Å². The van der Waals surface area contributed by atoms with Gasteiger partial charge < -0.3 is 15.4 Å². The van der Waals surface area contributed by atoms with E-state index >= 15 is 0 Å². The highest BCUT2D eigenvalue weighted by molar-refractivity contribution is 5.94. The Kier molecular flexibility index (Phi) is 4.72. The fourth-order valence-electron chi connectivity index (χ4n) is 2.03. The van der Waals surface area contributed by atoms with E-state index in [4.69, 9.17) is 4.74 Å². The van der Waals surface area contributed by atoms with Crippen LogP contribution in [0.3, 0.4) is 0 Å². The van der Waals surface area contributed by atoms with E-state index in [9.17, 15) is 4.79 Å². The van der Waals surface area contributed by atoms with Crippen molar-refractivity contribution in [2.75, 3.05) is 26.2 Å². The predicted octanol–water partition coefficient (Wildman–Crippen LogP) is 0.217. The second-order valence-electron chi connectivity index (χ2n) is 4.48. The molecular weight excluding hydrogens is 232 g/mol. The highest BCUT2D eigenvalue weighted by atomic mass is 16.5. The third kappa shape index (κ3) is 3.54. The Morgan fingerprint density at radius 1 is 1.56 bits per heavy atom. The van der Waals surface area contributed by atoms with E-state index in [2.05, 4.69) is 20.8 Å². The molecule has 0 bridgehead atoms. The number of amides is 1. The molecule has 6 nitrogen and oxygen atoms in total. The number of aromatic amines is 1. The Hall–Kier alpha value is -1.40.